The summed E-state index contributed by atoms with van der Waals surface area (Å²) in [5, 5.41) is 0. The lowest BCUT2D eigenvalue weighted by molar-refractivity contribution is -0.151. The maximum Gasteiger partial charge on any atom is 0.416 e. The Morgan fingerprint density at radius 3 is 2.59 bits per heavy atom. The molecule has 0 aromatic carbocycles. The Labute approximate surface area is 101 Å². The summed E-state index contributed by atoms with van der Waals surface area (Å²) < 4.78 is 5.01. The van der Waals surface area contributed by atoms with Crippen LogP contribution in [0.2, 0.25) is 0 Å². The van der Waals surface area contributed by atoms with Gasteiger partial charge in [-0.25, -0.2) is 9.69 Å². The van der Waals surface area contributed by atoms with Gasteiger partial charge in [-0.1, -0.05) is 13.8 Å². The molecule has 0 N–H and O–H groups in total. The van der Waals surface area contributed by atoms with Gasteiger partial charge in [-0.3, -0.25) is 4.79 Å². The van der Waals surface area contributed by atoms with E-state index < -0.39 is 6.09 Å². The van der Waals surface area contributed by atoms with Crippen LogP contribution < -0.4 is 0 Å². The predicted octanol–water partition coefficient (Wildman–Crippen LogP) is 2.18. The van der Waals surface area contributed by atoms with Gasteiger partial charge in [0.15, 0.2) is 0 Å². The molecule has 3 aliphatic carbocycles. The van der Waals surface area contributed by atoms with Gasteiger partial charge < -0.3 is 4.74 Å². The number of hydrogen-bond acceptors (Lipinski definition) is 3. The molecule has 0 radical (unpaired) electrons. The van der Waals surface area contributed by atoms with Gasteiger partial charge in [0.2, 0.25) is 5.91 Å². The normalized spacial score (nSPS) is 38.8. The van der Waals surface area contributed by atoms with Crippen LogP contribution in [0.15, 0.2) is 0 Å². The Balaban J connectivity index is 1.68. The van der Waals surface area contributed by atoms with Gasteiger partial charge in [-0.2, -0.15) is 0 Å². The molecular weight excluding hydrogens is 218 g/mol. The highest BCUT2D eigenvalue weighted by Gasteiger charge is 2.58. The van der Waals surface area contributed by atoms with Crippen LogP contribution in [-0.2, 0) is 9.53 Å². The molecule has 94 valence electrons. The summed E-state index contributed by atoms with van der Waals surface area (Å²) in [5.41, 5.74) is 0.256. The average molecular weight is 237 g/mol. The van der Waals surface area contributed by atoms with Crippen LogP contribution in [-0.4, -0.2) is 29.5 Å². The third kappa shape index (κ3) is 1.57. The standard InChI is InChI=1S/C13H19NO3/c1-8(2)10-7-17-12(16)14(10)11(15)6-13-3-9(4-13)5-13/h8-10H,3-7H2,1-2H3. The molecular formula is C13H19NO3. The largest absolute Gasteiger partial charge is 0.447 e. The van der Waals surface area contributed by atoms with E-state index in [1.54, 1.807) is 0 Å². The second kappa shape index (κ2) is 3.47. The Kier molecular flexibility index (Phi) is 2.25. The maximum atomic E-state index is 12.2. The Bertz CT molecular complexity index is 360. The molecule has 4 rings (SSSR count). The first-order valence-electron chi connectivity index (χ1n) is 6.50. The van der Waals surface area contributed by atoms with Crippen molar-refractivity contribution < 1.29 is 14.3 Å². The van der Waals surface area contributed by atoms with Crippen LogP contribution in [0.25, 0.3) is 0 Å². The molecule has 1 saturated heterocycles. The van der Waals surface area contributed by atoms with E-state index in [0.717, 1.165) is 5.92 Å². The molecule has 4 heteroatoms. The summed E-state index contributed by atoms with van der Waals surface area (Å²) in [4.78, 5) is 25.2. The van der Waals surface area contributed by atoms with Crippen LogP contribution in [0.5, 0.6) is 0 Å². The van der Waals surface area contributed by atoms with Crippen molar-refractivity contribution in [1.82, 2.24) is 4.90 Å². The van der Waals surface area contributed by atoms with Gasteiger partial charge >= 0.3 is 6.09 Å². The van der Waals surface area contributed by atoms with Crippen LogP contribution >= 0.6 is 0 Å². The first-order chi connectivity index (χ1) is 8.01. The fraction of sp³-hybridized carbons (Fsp3) is 0.846. The summed E-state index contributed by atoms with van der Waals surface area (Å²) >= 11 is 0. The van der Waals surface area contributed by atoms with Gasteiger partial charge in [0.25, 0.3) is 0 Å². The quantitative estimate of drug-likeness (QED) is 0.755. The topological polar surface area (TPSA) is 46.6 Å². The molecule has 0 aromatic heterocycles. The van der Waals surface area contributed by atoms with Crippen LogP contribution in [0, 0.1) is 17.3 Å². The fourth-order valence-electron chi connectivity index (χ4n) is 3.49. The minimum atomic E-state index is -0.444. The second-order valence-electron chi connectivity index (χ2n) is 6.31. The van der Waals surface area contributed by atoms with Crippen molar-refractivity contribution in [3.8, 4) is 0 Å². The zero-order valence-electron chi connectivity index (χ0n) is 10.4. The molecule has 0 aromatic rings. The summed E-state index contributed by atoms with van der Waals surface area (Å²) in [5.74, 6) is 1.11. The molecule has 2 amide bonds. The van der Waals surface area contributed by atoms with E-state index in [1.807, 2.05) is 13.8 Å². The van der Waals surface area contributed by atoms with E-state index >= 15 is 0 Å². The lowest BCUT2D eigenvalue weighted by Gasteiger charge is -2.62. The summed E-state index contributed by atoms with van der Waals surface area (Å²) in [6.45, 7) is 4.40. The smallest absolute Gasteiger partial charge is 0.416 e. The lowest BCUT2D eigenvalue weighted by Crippen LogP contribution is -2.55. The molecule has 1 unspecified atom stereocenters. The van der Waals surface area contributed by atoms with Gasteiger partial charge in [-0.15, -0.1) is 0 Å². The van der Waals surface area contributed by atoms with E-state index in [9.17, 15) is 9.59 Å². The molecule has 4 aliphatic rings. The number of cyclic esters (lactones) is 1. The third-order valence-electron chi connectivity index (χ3n) is 4.64. The van der Waals surface area contributed by atoms with Gasteiger partial charge in [0.05, 0.1) is 6.04 Å². The van der Waals surface area contributed by atoms with Crippen LogP contribution in [0.3, 0.4) is 0 Å². The van der Waals surface area contributed by atoms with Crippen molar-refractivity contribution in [2.45, 2.75) is 45.6 Å². The summed E-state index contributed by atoms with van der Waals surface area (Å²) in [7, 11) is 0. The molecule has 4 nitrogen and oxygen atoms in total. The predicted molar refractivity (Wildman–Crippen MR) is 61.2 cm³/mol. The number of rotatable bonds is 3. The van der Waals surface area contributed by atoms with E-state index in [2.05, 4.69) is 0 Å². The number of imide groups is 1. The minimum absolute atomic E-state index is 0.0237. The highest BCUT2D eigenvalue weighted by Crippen LogP contribution is 2.66. The van der Waals surface area contributed by atoms with Gasteiger partial charge in [0.1, 0.15) is 6.61 Å². The minimum Gasteiger partial charge on any atom is -0.447 e. The van der Waals surface area contributed by atoms with Crippen molar-refractivity contribution in [3.05, 3.63) is 0 Å². The van der Waals surface area contributed by atoms with Crippen LogP contribution in [0.1, 0.15) is 39.5 Å². The molecule has 1 heterocycles. The highest BCUT2D eigenvalue weighted by molar-refractivity contribution is 5.94. The van der Waals surface area contributed by atoms with Gasteiger partial charge in [-0.05, 0) is 36.5 Å². The number of hydrogen-bond donors (Lipinski definition) is 0. The van der Waals surface area contributed by atoms with Gasteiger partial charge in [0, 0.05) is 6.42 Å². The van der Waals surface area contributed by atoms with E-state index in [-0.39, 0.29) is 23.3 Å². The fourth-order valence-corrected chi connectivity index (χ4v) is 3.49. The Morgan fingerprint density at radius 2 is 2.12 bits per heavy atom. The molecule has 1 aliphatic heterocycles. The number of nitrogens with zero attached hydrogens (tertiary/aromatic N) is 1. The zero-order valence-corrected chi connectivity index (χ0v) is 10.4. The molecule has 0 spiro atoms. The summed E-state index contributed by atoms with van der Waals surface area (Å²) in [6.07, 6.45) is 3.66. The number of ether oxygens (including phenoxy) is 1. The van der Waals surface area contributed by atoms with E-state index in [4.69, 9.17) is 4.74 Å². The number of carbonyl (C=O) groups is 2. The molecule has 4 fully saturated rings. The Morgan fingerprint density at radius 1 is 1.47 bits per heavy atom. The number of carbonyl (C=O) groups excluding carboxylic acids is 2. The van der Waals surface area contributed by atoms with Crippen molar-refractivity contribution in [2.24, 2.45) is 17.3 Å². The van der Waals surface area contributed by atoms with E-state index in [1.165, 1.54) is 24.2 Å². The average Bonchev–Trinajstić information content (AvgIpc) is 2.51. The van der Waals surface area contributed by atoms with Crippen molar-refractivity contribution >= 4 is 12.0 Å². The maximum absolute atomic E-state index is 12.2. The van der Waals surface area contributed by atoms with Crippen molar-refractivity contribution in [3.63, 3.8) is 0 Å². The van der Waals surface area contributed by atoms with E-state index in [0.29, 0.717) is 13.0 Å². The SMILES string of the molecule is CC(C)C1COC(=O)N1C(=O)CC12CC(C1)C2. The monoisotopic (exact) mass is 237 g/mol. The highest BCUT2D eigenvalue weighted by atomic mass is 16.6. The first-order valence-corrected chi connectivity index (χ1v) is 6.50. The molecule has 3 saturated carbocycles. The molecule has 2 bridgehead atoms. The van der Waals surface area contributed by atoms with Crippen LogP contribution in [0.4, 0.5) is 4.79 Å². The first kappa shape index (κ1) is 11.1. The second-order valence-corrected chi connectivity index (χ2v) is 6.31. The summed E-state index contributed by atoms with van der Waals surface area (Å²) in [6, 6.07) is -0.0673. The molecule has 17 heavy (non-hydrogen) atoms. The number of amides is 2. The lowest BCUT2D eigenvalue weighted by atomic mass is 9.43. The third-order valence-corrected chi connectivity index (χ3v) is 4.64. The Hall–Kier alpha value is -1.06. The molecule has 1 atom stereocenters. The van der Waals surface area contributed by atoms with Crippen molar-refractivity contribution in [1.29, 1.82) is 0 Å². The zero-order chi connectivity index (χ0) is 12.2. The van der Waals surface area contributed by atoms with Crippen molar-refractivity contribution in [2.75, 3.05) is 6.61 Å².